The second-order valence-corrected chi connectivity index (χ2v) is 13.9. The molecule has 0 radical (unpaired) electrons. The fraction of sp³-hybridized carbons (Fsp3) is 0. The molecule has 0 aliphatic carbocycles. The van der Waals surface area contributed by atoms with Gasteiger partial charge in [0.15, 0.2) is 11.6 Å². The van der Waals surface area contributed by atoms with E-state index in [1.165, 1.54) is 21.5 Å². The lowest BCUT2D eigenvalue weighted by Crippen LogP contribution is -1.96. The highest BCUT2D eigenvalue weighted by Gasteiger charge is 2.15. The summed E-state index contributed by atoms with van der Waals surface area (Å²) in [7, 11) is 0. The minimum absolute atomic E-state index is 0.703. The van der Waals surface area contributed by atoms with Gasteiger partial charge in [0.05, 0.1) is 22.8 Å². The average Bonchev–Trinajstić information content (AvgIpc) is 3.29. The molecule has 2 heterocycles. The molecule has 4 nitrogen and oxygen atoms in total. The van der Waals surface area contributed by atoms with Gasteiger partial charge in [-0.15, -0.1) is 0 Å². The summed E-state index contributed by atoms with van der Waals surface area (Å²) >= 11 is 0. The van der Waals surface area contributed by atoms with Gasteiger partial charge in [-0.3, -0.25) is 0 Å². The molecule has 0 atom stereocenters. The zero-order valence-electron chi connectivity index (χ0n) is 30.4. The summed E-state index contributed by atoms with van der Waals surface area (Å²) in [5, 5.41) is 4.70. The van der Waals surface area contributed by atoms with Crippen molar-refractivity contribution in [3.63, 3.8) is 0 Å². The number of aromatic nitrogens is 4. The fourth-order valence-electron chi connectivity index (χ4n) is 7.46. The Morgan fingerprint density at radius 2 is 0.571 bits per heavy atom. The molecule has 262 valence electrons. The summed E-state index contributed by atoms with van der Waals surface area (Å²) < 4.78 is 0. The van der Waals surface area contributed by atoms with Crippen molar-refractivity contribution in [2.75, 3.05) is 0 Å². The molecule has 0 amide bonds. The average molecular weight is 715 g/mol. The number of nitrogens with zero attached hydrogens (tertiary/aromatic N) is 4. The molecule has 0 saturated carbocycles. The third-order valence-electron chi connectivity index (χ3n) is 10.3. The van der Waals surface area contributed by atoms with E-state index in [0.29, 0.717) is 11.6 Å². The Morgan fingerprint density at radius 1 is 0.232 bits per heavy atom. The normalized spacial score (nSPS) is 11.2. The van der Waals surface area contributed by atoms with Gasteiger partial charge in [-0.1, -0.05) is 194 Å². The van der Waals surface area contributed by atoms with Crippen molar-refractivity contribution in [2.45, 2.75) is 0 Å². The van der Waals surface area contributed by atoms with Crippen molar-refractivity contribution in [3.05, 3.63) is 206 Å². The highest BCUT2D eigenvalue weighted by atomic mass is 14.9. The Bertz CT molecular complexity index is 2780. The molecule has 10 rings (SSSR count). The predicted octanol–water partition coefficient (Wildman–Crippen LogP) is 13.2. The Morgan fingerprint density at radius 3 is 1.00 bits per heavy atom. The van der Waals surface area contributed by atoms with E-state index in [-0.39, 0.29) is 0 Å². The number of benzene rings is 8. The SMILES string of the molecule is c1ccc(-c2nc(-c3ccc(-c4ccc(-c5cc(-c6cccc7ccccc67)nc(-c6ccccc6)n5)cc4)cc3)cc(-c3cccc4ccccc34)n2)cc1. The van der Waals surface area contributed by atoms with Crippen LogP contribution < -0.4 is 0 Å². The predicted molar refractivity (Wildman–Crippen MR) is 231 cm³/mol. The minimum atomic E-state index is 0.703. The van der Waals surface area contributed by atoms with Crippen LogP contribution >= 0.6 is 0 Å². The van der Waals surface area contributed by atoms with E-state index < -0.39 is 0 Å². The van der Waals surface area contributed by atoms with Crippen LogP contribution in [-0.4, -0.2) is 19.9 Å². The molecule has 2 aromatic heterocycles. The number of fused-ring (bicyclic) bond motifs is 2. The van der Waals surface area contributed by atoms with Gasteiger partial charge in [0.1, 0.15) is 0 Å². The van der Waals surface area contributed by atoms with Crippen LogP contribution in [0.5, 0.6) is 0 Å². The third kappa shape index (κ3) is 6.40. The molecular weight excluding hydrogens is 681 g/mol. The standard InChI is InChI=1S/C52H34N4/c1-3-15-41(16-4-1)51-53-47(33-49(55-51)45-23-11-19-37-13-7-9-21-43(37)45)39-29-25-35(26-30-39)36-27-31-40(32-28-36)48-34-50(56-52(54-48)42-17-5-2-6-18-42)46-24-12-20-38-14-8-10-22-44(38)46/h1-34H. The summed E-state index contributed by atoms with van der Waals surface area (Å²) in [6, 6.07) is 71.6. The van der Waals surface area contributed by atoms with Crippen LogP contribution in [-0.2, 0) is 0 Å². The molecule has 0 aliphatic heterocycles. The van der Waals surface area contributed by atoms with Crippen molar-refractivity contribution >= 4 is 21.5 Å². The van der Waals surface area contributed by atoms with E-state index in [1.807, 2.05) is 36.4 Å². The van der Waals surface area contributed by atoms with Gasteiger partial charge < -0.3 is 0 Å². The molecule has 0 fully saturated rings. The van der Waals surface area contributed by atoms with Gasteiger partial charge in [-0.05, 0) is 44.8 Å². The van der Waals surface area contributed by atoms with E-state index in [1.54, 1.807) is 0 Å². The second kappa shape index (κ2) is 14.3. The van der Waals surface area contributed by atoms with Crippen molar-refractivity contribution in [1.29, 1.82) is 0 Å². The topological polar surface area (TPSA) is 51.6 Å². The van der Waals surface area contributed by atoms with Crippen LogP contribution in [0.3, 0.4) is 0 Å². The van der Waals surface area contributed by atoms with Gasteiger partial charge in [0.2, 0.25) is 0 Å². The first kappa shape index (κ1) is 33.0. The summed E-state index contributed by atoms with van der Waals surface area (Å²) in [4.78, 5) is 20.3. The highest BCUT2D eigenvalue weighted by molar-refractivity contribution is 5.97. The molecule has 8 aromatic carbocycles. The van der Waals surface area contributed by atoms with E-state index in [9.17, 15) is 0 Å². The monoisotopic (exact) mass is 714 g/mol. The lowest BCUT2D eigenvalue weighted by molar-refractivity contribution is 1.18. The Hall–Kier alpha value is -7.56. The van der Waals surface area contributed by atoms with Crippen LogP contribution in [0.25, 0.3) is 100 Å². The molecule has 0 bridgehead atoms. The van der Waals surface area contributed by atoms with Crippen LogP contribution in [0.2, 0.25) is 0 Å². The van der Waals surface area contributed by atoms with Gasteiger partial charge in [0, 0.05) is 33.4 Å². The molecule has 4 heteroatoms. The molecule has 0 saturated heterocycles. The molecule has 56 heavy (non-hydrogen) atoms. The van der Waals surface area contributed by atoms with Crippen LogP contribution in [0, 0.1) is 0 Å². The van der Waals surface area contributed by atoms with Gasteiger partial charge >= 0.3 is 0 Å². The van der Waals surface area contributed by atoms with Gasteiger partial charge in [-0.2, -0.15) is 0 Å². The molecular formula is C52H34N4. The quantitative estimate of drug-likeness (QED) is 0.165. The van der Waals surface area contributed by atoms with Crippen molar-refractivity contribution in [2.24, 2.45) is 0 Å². The smallest absolute Gasteiger partial charge is 0.160 e. The summed E-state index contributed by atoms with van der Waals surface area (Å²) in [6.45, 7) is 0. The Kier molecular flexibility index (Phi) is 8.47. The third-order valence-corrected chi connectivity index (χ3v) is 10.3. The minimum Gasteiger partial charge on any atom is -0.228 e. The Labute approximate surface area is 325 Å². The van der Waals surface area contributed by atoms with E-state index in [0.717, 1.165) is 67.3 Å². The molecule has 0 unspecified atom stereocenters. The number of rotatable bonds is 7. The largest absolute Gasteiger partial charge is 0.228 e. The zero-order chi connectivity index (χ0) is 37.3. The van der Waals surface area contributed by atoms with E-state index in [2.05, 4.69) is 170 Å². The van der Waals surface area contributed by atoms with Gasteiger partial charge in [-0.25, -0.2) is 19.9 Å². The molecule has 10 aromatic rings. The Balaban J connectivity index is 1.000. The summed E-state index contributed by atoms with van der Waals surface area (Å²) in [5.74, 6) is 1.41. The molecule has 0 N–H and O–H groups in total. The van der Waals surface area contributed by atoms with E-state index >= 15 is 0 Å². The van der Waals surface area contributed by atoms with Gasteiger partial charge in [0.25, 0.3) is 0 Å². The van der Waals surface area contributed by atoms with Crippen LogP contribution in [0.1, 0.15) is 0 Å². The zero-order valence-corrected chi connectivity index (χ0v) is 30.4. The molecule has 0 aliphatic rings. The number of hydrogen-bond donors (Lipinski definition) is 0. The fourth-order valence-corrected chi connectivity index (χ4v) is 7.46. The maximum atomic E-state index is 5.09. The molecule has 0 spiro atoms. The van der Waals surface area contributed by atoms with Crippen molar-refractivity contribution in [3.8, 4) is 78.9 Å². The first-order valence-corrected chi connectivity index (χ1v) is 18.8. The van der Waals surface area contributed by atoms with Crippen LogP contribution in [0.4, 0.5) is 0 Å². The van der Waals surface area contributed by atoms with Crippen LogP contribution in [0.15, 0.2) is 206 Å². The van der Waals surface area contributed by atoms with Crippen molar-refractivity contribution in [1.82, 2.24) is 19.9 Å². The first-order valence-electron chi connectivity index (χ1n) is 18.8. The van der Waals surface area contributed by atoms with E-state index in [4.69, 9.17) is 19.9 Å². The summed E-state index contributed by atoms with van der Waals surface area (Å²) in [6.07, 6.45) is 0. The highest BCUT2D eigenvalue weighted by Crippen LogP contribution is 2.35. The lowest BCUT2D eigenvalue weighted by Gasteiger charge is -2.12. The summed E-state index contributed by atoms with van der Waals surface area (Å²) in [5.41, 5.74) is 12.0. The first-order chi connectivity index (χ1) is 27.7. The van der Waals surface area contributed by atoms with Crippen molar-refractivity contribution < 1.29 is 0 Å². The lowest BCUT2D eigenvalue weighted by atomic mass is 9.98. The maximum absolute atomic E-state index is 5.09. The number of hydrogen-bond acceptors (Lipinski definition) is 4. The second-order valence-electron chi connectivity index (χ2n) is 13.9. The maximum Gasteiger partial charge on any atom is 0.160 e.